The monoisotopic (exact) mass is 235 g/mol. The van der Waals surface area contributed by atoms with Crippen molar-refractivity contribution in [1.29, 1.82) is 0 Å². The third-order valence-electron chi connectivity index (χ3n) is 3.22. The normalized spacial score (nSPS) is 13.3. The van der Waals surface area contributed by atoms with Crippen LogP contribution in [0.25, 0.3) is 4.85 Å². The predicted molar refractivity (Wildman–Crippen MR) is 74.6 cm³/mol. The van der Waals surface area contributed by atoms with Gasteiger partial charge in [0.05, 0.1) is 24.6 Å². The van der Waals surface area contributed by atoms with Crippen molar-refractivity contribution in [2.45, 2.75) is 0 Å². The van der Waals surface area contributed by atoms with E-state index < -0.39 is 0 Å². The molecule has 0 aliphatic carbocycles. The molecule has 2 aromatic carbocycles. The third kappa shape index (κ3) is 1.51. The first-order valence-electron chi connectivity index (χ1n) is 5.85. The van der Waals surface area contributed by atoms with E-state index >= 15 is 0 Å². The molecule has 0 radical (unpaired) electrons. The van der Waals surface area contributed by atoms with Crippen LogP contribution < -0.4 is 9.80 Å². The Labute approximate surface area is 107 Å². The Morgan fingerprint density at radius 2 is 1.83 bits per heavy atom. The number of para-hydroxylation sites is 2. The second-order valence-electron chi connectivity index (χ2n) is 4.36. The van der Waals surface area contributed by atoms with Crippen LogP contribution in [0.4, 0.5) is 22.7 Å². The molecule has 3 rings (SSSR count). The van der Waals surface area contributed by atoms with E-state index in [0.29, 0.717) is 5.69 Å². The number of rotatable bonds is 1. The lowest BCUT2D eigenvalue weighted by Gasteiger charge is -2.20. The molecule has 88 valence electrons. The van der Waals surface area contributed by atoms with Crippen molar-refractivity contribution in [2.24, 2.45) is 0 Å². The smallest absolute Gasteiger partial charge is 0.212 e. The zero-order valence-corrected chi connectivity index (χ0v) is 10.2. The molecule has 3 nitrogen and oxygen atoms in total. The molecule has 0 saturated carbocycles. The van der Waals surface area contributed by atoms with E-state index in [4.69, 9.17) is 6.57 Å². The highest BCUT2D eigenvalue weighted by Gasteiger charge is 2.26. The van der Waals surface area contributed by atoms with Crippen LogP contribution in [0.2, 0.25) is 0 Å². The summed E-state index contributed by atoms with van der Waals surface area (Å²) in [7, 11) is 2.05. The van der Waals surface area contributed by atoms with Crippen LogP contribution in [-0.4, -0.2) is 13.7 Å². The second-order valence-corrected chi connectivity index (χ2v) is 4.36. The molecule has 0 spiro atoms. The molecule has 3 heteroatoms. The number of hydrogen-bond acceptors (Lipinski definition) is 2. The molecule has 0 saturated heterocycles. The molecule has 1 heterocycles. The van der Waals surface area contributed by atoms with Crippen LogP contribution in [0, 0.1) is 6.57 Å². The highest BCUT2D eigenvalue weighted by Crippen LogP contribution is 2.45. The largest absolute Gasteiger partial charge is 0.356 e. The zero-order valence-electron chi connectivity index (χ0n) is 10.2. The van der Waals surface area contributed by atoms with Crippen molar-refractivity contribution >= 4 is 22.7 Å². The second kappa shape index (κ2) is 4.08. The molecule has 0 amide bonds. The number of fused-ring (bicyclic) bond motifs is 1. The molecule has 1 aliphatic heterocycles. The first-order chi connectivity index (χ1) is 8.81. The summed E-state index contributed by atoms with van der Waals surface area (Å²) in [6, 6.07) is 16.1. The van der Waals surface area contributed by atoms with Crippen LogP contribution in [0.1, 0.15) is 0 Å². The number of nitrogens with zero attached hydrogens (tertiary/aromatic N) is 3. The summed E-state index contributed by atoms with van der Waals surface area (Å²) >= 11 is 0. The quantitative estimate of drug-likeness (QED) is 0.696. The Bertz CT molecular complexity index is 613. The van der Waals surface area contributed by atoms with Crippen LogP contribution >= 0.6 is 0 Å². The van der Waals surface area contributed by atoms with Crippen LogP contribution in [0.15, 0.2) is 48.5 Å². The molecule has 1 aliphatic rings. The Balaban J connectivity index is 2.17. The average molecular weight is 235 g/mol. The molecule has 0 unspecified atom stereocenters. The van der Waals surface area contributed by atoms with Gasteiger partial charge in [-0.1, -0.05) is 30.3 Å². The van der Waals surface area contributed by atoms with E-state index in [-0.39, 0.29) is 0 Å². The lowest BCUT2D eigenvalue weighted by Crippen LogP contribution is -2.23. The highest BCUT2D eigenvalue weighted by atomic mass is 15.4. The predicted octanol–water partition coefficient (Wildman–Crippen LogP) is 3.78. The van der Waals surface area contributed by atoms with Gasteiger partial charge in [0, 0.05) is 12.7 Å². The molecule has 0 aromatic heterocycles. The van der Waals surface area contributed by atoms with Crippen molar-refractivity contribution in [1.82, 2.24) is 0 Å². The molecular formula is C15H13N3. The average Bonchev–Trinajstić information content (AvgIpc) is 2.77. The van der Waals surface area contributed by atoms with Crippen LogP contribution in [0.5, 0.6) is 0 Å². The summed E-state index contributed by atoms with van der Waals surface area (Å²) in [5.74, 6) is 0. The molecule has 18 heavy (non-hydrogen) atoms. The third-order valence-corrected chi connectivity index (χ3v) is 3.22. The highest BCUT2D eigenvalue weighted by molar-refractivity contribution is 5.91. The van der Waals surface area contributed by atoms with Crippen molar-refractivity contribution < 1.29 is 0 Å². The fourth-order valence-corrected chi connectivity index (χ4v) is 2.37. The maximum Gasteiger partial charge on any atom is 0.212 e. The number of hydrogen-bond donors (Lipinski definition) is 0. The first kappa shape index (κ1) is 10.7. The van der Waals surface area contributed by atoms with Crippen LogP contribution in [0.3, 0.4) is 0 Å². The maximum absolute atomic E-state index is 7.31. The van der Waals surface area contributed by atoms with Gasteiger partial charge in [-0.2, -0.15) is 0 Å². The Hall–Kier alpha value is -2.47. The summed E-state index contributed by atoms with van der Waals surface area (Å²) < 4.78 is 0. The van der Waals surface area contributed by atoms with Crippen molar-refractivity contribution in [3.63, 3.8) is 0 Å². The van der Waals surface area contributed by atoms with Gasteiger partial charge in [-0.15, -0.1) is 0 Å². The standard InChI is InChI=1S/C15H13N3/c1-16-13-9-6-10-14-15(13)18(11-17(14)2)12-7-4-3-5-8-12/h3-10H,11H2,2H3. The van der Waals surface area contributed by atoms with Gasteiger partial charge in [0.15, 0.2) is 0 Å². The lowest BCUT2D eigenvalue weighted by atomic mass is 10.2. The van der Waals surface area contributed by atoms with Crippen molar-refractivity contribution in [3.8, 4) is 0 Å². The molecule has 0 atom stereocenters. The fourth-order valence-electron chi connectivity index (χ4n) is 2.37. The van der Waals surface area contributed by atoms with Gasteiger partial charge in [0.1, 0.15) is 0 Å². The van der Waals surface area contributed by atoms with Gasteiger partial charge in [0.2, 0.25) is 5.69 Å². The van der Waals surface area contributed by atoms with Crippen LogP contribution in [-0.2, 0) is 0 Å². The minimum atomic E-state index is 0.709. The van der Waals surface area contributed by atoms with Gasteiger partial charge in [-0.05, 0) is 18.2 Å². The zero-order chi connectivity index (χ0) is 12.5. The van der Waals surface area contributed by atoms with E-state index in [1.54, 1.807) is 0 Å². The first-order valence-corrected chi connectivity index (χ1v) is 5.85. The SMILES string of the molecule is [C-]#[N+]c1cccc2c1N(c1ccccc1)CN2C. The van der Waals surface area contributed by atoms with Gasteiger partial charge in [-0.25, -0.2) is 4.85 Å². The minimum Gasteiger partial charge on any atom is -0.356 e. The summed E-state index contributed by atoms with van der Waals surface area (Å²) in [4.78, 5) is 7.98. The summed E-state index contributed by atoms with van der Waals surface area (Å²) in [5, 5.41) is 0. The number of anilines is 3. The Morgan fingerprint density at radius 3 is 2.56 bits per heavy atom. The van der Waals surface area contributed by atoms with Crippen molar-refractivity contribution in [3.05, 3.63) is 59.9 Å². The van der Waals surface area contributed by atoms with E-state index in [2.05, 4.69) is 39.9 Å². The van der Waals surface area contributed by atoms with E-state index in [0.717, 1.165) is 23.7 Å². The van der Waals surface area contributed by atoms with Gasteiger partial charge >= 0.3 is 0 Å². The van der Waals surface area contributed by atoms with E-state index in [1.165, 1.54) is 0 Å². The number of benzene rings is 2. The van der Waals surface area contributed by atoms with E-state index in [1.807, 2.05) is 30.3 Å². The molecule has 0 bridgehead atoms. The summed E-state index contributed by atoms with van der Waals surface area (Å²) in [5.41, 5.74) is 3.97. The molecular weight excluding hydrogens is 222 g/mol. The topological polar surface area (TPSA) is 10.8 Å². The van der Waals surface area contributed by atoms with Crippen molar-refractivity contribution in [2.75, 3.05) is 23.5 Å². The van der Waals surface area contributed by atoms with Gasteiger partial charge in [0.25, 0.3) is 0 Å². The maximum atomic E-state index is 7.31. The lowest BCUT2D eigenvalue weighted by molar-refractivity contribution is 0.950. The van der Waals surface area contributed by atoms with Gasteiger partial charge in [-0.3, -0.25) is 0 Å². The van der Waals surface area contributed by atoms with E-state index in [9.17, 15) is 0 Å². The molecule has 0 fully saturated rings. The fraction of sp³-hybridized carbons (Fsp3) is 0.133. The minimum absolute atomic E-state index is 0.709. The Morgan fingerprint density at radius 1 is 1.06 bits per heavy atom. The summed E-state index contributed by atoms with van der Waals surface area (Å²) in [6.07, 6.45) is 0. The Kier molecular flexibility index (Phi) is 2.42. The summed E-state index contributed by atoms with van der Waals surface area (Å²) in [6.45, 7) is 8.09. The van der Waals surface area contributed by atoms with Gasteiger partial charge < -0.3 is 9.80 Å². The molecule has 0 N–H and O–H groups in total. The molecule has 2 aromatic rings.